The summed E-state index contributed by atoms with van der Waals surface area (Å²) in [6, 6.07) is 1.65. The van der Waals surface area contributed by atoms with Gasteiger partial charge in [-0.1, -0.05) is 11.6 Å². The summed E-state index contributed by atoms with van der Waals surface area (Å²) in [5, 5.41) is 7.14. The van der Waals surface area contributed by atoms with Crippen LogP contribution in [0.4, 0.5) is 0 Å². The van der Waals surface area contributed by atoms with E-state index in [1.165, 1.54) is 13.3 Å². The van der Waals surface area contributed by atoms with Gasteiger partial charge in [0.25, 0.3) is 0 Å². The summed E-state index contributed by atoms with van der Waals surface area (Å²) in [5.74, 6) is -0.463. The van der Waals surface area contributed by atoms with Crippen molar-refractivity contribution >= 4 is 17.6 Å². The van der Waals surface area contributed by atoms with Gasteiger partial charge in [0.15, 0.2) is 0 Å². The van der Waals surface area contributed by atoms with Crippen LogP contribution >= 0.6 is 11.6 Å². The van der Waals surface area contributed by atoms with Crippen LogP contribution in [0, 0.1) is 6.92 Å². The van der Waals surface area contributed by atoms with Gasteiger partial charge in [-0.05, 0) is 18.6 Å². The Kier molecular flexibility index (Phi) is 3.10. The molecule has 0 fully saturated rings. The molecule has 0 aromatic carbocycles. The van der Waals surface area contributed by atoms with E-state index in [0.717, 1.165) is 11.1 Å². The smallest absolute Gasteiger partial charge is 0.356 e. The minimum Gasteiger partial charge on any atom is -0.464 e. The Labute approximate surface area is 103 Å². The highest BCUT2D eigenvalue weighted by Crippen LogP contribution is 2.27. The van der Waals surface area contributed by atoms with Crippen molar-refractivity contribution in [3.05, 3.63) is 34.7 Å². The molecule has 6 heteroatoms. The number of pyridine rings is 1. The zero-order valence-electron chi connectivity index (χ0n) is 9.32. The summed E-state index contributed by atoms with van der Waals surface area (Å²) < 4.78 is 4.60. The first-order chi connectivity index (χ1) is 8.13. The molecule has 2 aromatic heterocycles. The zero-order chi connectivity index (χ0) is 12.4. The number of aryl methyl sites for hydroxylation is 1. The quantitative estimate of drug-likeness (QED) is 0.831. The molecule has 0 aliphatic heterocycles. The van der Waals surface area contributed by atoms with E-state index in [-0.39, 0.29) is 5.69 Å². The van der Waals surface area contributed by atoms with Gasteiger partial charge in [0, 0.05) is 11.8 Å². The van der Waals surface area contributed by atoms with Crippen molar-refractivity contribution < 1.29 is 9.53 Å². The number of rotatable bonds is 2. The van der Waals surface area contributed by atoms with Gasteiger partial charge in [0.1, 0.15) is 5.69 Å². The number of esters is 1. The highest BCUT2D eigenvalue weighted by Gasteiger charge is 2.13. The average Bonchev–Trinajstić information content (AvgIpc) is 2.74. The lowest BCUT2D eigenvalue weighted by atomic mass is 10.1. The molecule has 0 saturated carbocycles. The first-order valence-corrected chi connectivity index (χ1v) is 5.25. The van der Waals surface area contributed by atoms with Gasteiger partial charge in [-0.25, -0.2) is 9.78 Å². The molecule has 0 aliphatic rings. The third kappa shape index (κ3) is 2.14. The van der Waals surface area contributed by atoms with Crippen LogP contribution in [0.5, 0.6) is 0 Å². The van der Waals surface area contributed by atoms with Gasteiger partial charge < -0.3 is 4.74 Å². The predicted molar refractivity (Wildman–Crippen MR) is 62.9 cm³/mol. The number of H-pyrrole nitrogens is 1. The van der Waals surface area contributed by atoms with Gasteiger partial charge in [-0.2, -0.15) is 5.10 Å². The van der Waals surface area contributed by atoms with Crippen molar-refractivity contribution in [1.82, 2.24) is 15.2 Å². The lowest BCUT2D eigenvalue weighted by Gasteiger charge is -2.05. The van der Waals surface area contributed by atoms with Crippen molar-refractivity contribution in [1.29, 1.82) is 0 Å². The van der Waals surface area contributed by atoms with Gasteiger partial charge >= 0.3 is 5.97 Å². The molecule has 17 heavy (non-hydrogen) atoms. The Morgan fingerprint density at radius 1 is 1.47 bits per heavy atom. The molecular weight excluding hydrogens is 242 g/mol. The Bertz CT molecular complexity index is 566. The molecule has 1 N–H and O–H groups in total. The van der Waals surface area contributed by atoms with E-state index >= 15 is 0 Å². The second kappa shape index (κ2) is 4.55. The highest BCUT2D eigenvalue weighted by atomic mass is 35.5. The van der Waals surface area contributed by atoms with E-state index in [2.05, 4.69) is 19.9 Å². The Hall–Kier alpha value is -1.88. The number of aromatic amines is 1. The number of carbonyl (C=O) groups excluding carboxylic acids is 1. The van der Waals surface area contributed by atoms with E-state index in [1.807, 2.05) is 6.92 Å². The molecule has 0 radical (unpaired) electrons. The minimum atomic E-state index is -0.463. The van der Waals surface area contributed by atoms with Crippen molar-refractivity contribution in [3.8, 4) is 11.3 Å². The van der Waals surface area contributed by atoms with Crippen LogP contribution in [0.15, 0.2) is 18.5 Å². The molecule has 2 heterocycles. The number of ether oxygens (including phenoxy) is 1. The summed E-state index contributed by atoms with van der Waals surface area (Å²) in [5.41, 5.74) is 2.63. The van der Waals surface area contributed by atoms with Crippen LogP contribution in [-0.4, -0.2) is 28.3 Å². The number of aromatic nitrogens is 3. The van der Waals surface area contributed by atoms with E-state index in [4.69, 9.17) is 11.6 Å². The summed E-state index contributed by atoms with van der Waals surface area (Å²) in [7, 11) is 1.32. The summed E-state index contributed by atoms with van der Waals surface area (Å²) in [4.78, 5) is 15.3. The number of nitrogens with one attached hydrogen (secondary N) is 1. The van der Waals surface area contributed by atoms with E-state index in [1.54, 1.807) is 12.3 Å². The molecule has 0 unspecified atom stereocenters. The van der Waals surface area contributed by atoms with Crippen LogP contribution in [0.2, 0.25) is 5.02 Å². The van der Waals surface area contributed by atoms with Crippen molar-refractivity contribution in [2.45, 2.75) is 6.92 Å². The Morgan fingerprint density at radius 2 is 2.24 bits per heavy atom. The second-order valence-electron chi connectivity index (χ2n) is 3.47. The molecular formula is C11H10ClN3O2. The molecule has 0 atom stereocenters. The molecule has 2 rings (SSSR count). The van der Waals surface area contributed by atoms with Gasteiger partial charge in [0.2, 0.25) is 0 Å². The third-order valence-corrected chi connectivity index (χ3v) is 2.65. The van der Waals surface area contributed by atoms with E-state index < -0.39 is 5.97 Å². The third-order valence-electron chi connectivity index (χ3n) is 2.37. The topological polar surface area (TPSA) is 67.9 Å². The van der Waals surface area contributed by atoms with Crippen LogP contribution in [0.25, 0.3) is 11.3 Å². The van der Waals surface area contributed by atoms with Crippen LogP contribution < -0.4 is 0 Å². The lowest BCUT2D eigenvalue weighted by molar-refractivity contribution is 0.0594. The molecule has 5 nitrogen and oxygen atoms in total. The number of halogens is 1. The fourth-order valence-corrected chi connectivity index (χ4v) is 1.69. The molecule has 0 spiro atoms. The van der Waals surface area contributed by atoms with E-state index in [9.17, 15) is 4.79 Å². The minimum absolute atomic E-state index is 0.268. The molecule has 2 aromatic rings. The number of hydrogen-bond acceptors (Lipinski definition) is 4. The second-order valence-corrected chi connectivity index (χ2v) is 3.88. The van der Waals surface area contributed by atoms with Gasteiger partial charge in [0.05, 0.1) is 24.0 Å². The molecule has 0 aliphatic carbocycles. The largest absolute Gasteiger partial charge is 0.464 e. The van der Waals surface area contributed by atoms with Crippen molar-refractivity contribution in [2.24, 2.45) is 0 Å². The van der Waals surface area contributed by atoms with Crippen LogP contribution in [-0.2, 0) is 4.74 Å². The zero-order valence-corrected chi connectivity index (χ0v) is 10.1. The predicted octanol–water partition coefficient (Wildman–Crippen LogP) is 2.22. The van der Waals surface area contributed by atoms with Gasteiger partial charge in [-0.15, -0.1) is 0 Å². The van der Waals surface area contributed by atoms with E-state index in [0.29, 0.717) is 10.7 Å². The first kappa shape index (κ1) is 11.6. The monoisotopic (exact) mass is 251 g/mol. The van der Waals surface area contributed by atoms with Crippen LogP contribution in [0.1, 0.15) is 16.1 Å². The maximum absolute atomic E-state index is 11.3. The highest BCUT2D eigenvalue weighted by molar-refractivity contribution is 6.33. The maximum Gasteiger partial charge on any atom is 0.356 e. The molecule has 88 valence electrons. The summed E-state index contributed by atoms with van der Waals surface area (Å²) in [6.45, 7) is 1.86. The number of hydrogen-bond donors (Lipinski definition) is 1. The SMILES string of the molecule is COC(=O)c1cc(C)c(-c2[nH]ncc2Cl)cn1. The van der Waals surface area contributed by atoms with Gasteiger partial charge in [-0.3, -0.25) is 5.10 Å². The van der Waals surface area contributed by atoms with Crippen molar-refractivity contribution in [3.63, 3.8) is 0 Å². The maximum atomic E-state index is 11.3. The lowest BCUT2D eigenvalue weighted by Crippen LogP contribution is -2.04. The van der Waals surface area contributed by atoms with Crippen LogP contribution in [0.3, 0.4) is 0 Å². The molecule has 0 saturated heterocycles. The summed E-state index contributed by atoms with van der Waals surface area (Å²) in [6.07, 6.45) is 3.09. The fraction of sp³-hybridized carbons (Fsp3) is 0.182. The molecule has 0 bridgehead atoms. The number of methoxy groups -OCH3 is 1. The summed E-state index contributed by atoms with van der Waals surface area (Å²) >= 11 is 5.96. The Balaban J connectivity index is 2.46. The number of nitrogens with zero attached hydrogens (tertiary/aromatic N) is 2. The number of carbonyl (C=O) groups is 1. The fourth-order valence-electron chi connectivity index (χ4n) is 1.49. The molecule has 0 amide bonds. The average molecular weight is 252 g/mol. The Morgan fingerprint density at radius 3 is 2.76 bits per heavy atom. The van der Waals surface area contributed by atoms with Crippen molar-refractivity contribution in [2.75, 3.05) is 7.11 Å². The first-order valence-electron chi connectivity index (χ1n) is 4.87. The standard InChI is InChI=1S/C11H10ClN3O2/c1-6-3-9(11(16)17-2)13-4-7(6)10-8(12)5-14-15-10/h3-5H,1-2H3,(H,14,15). The normalized spacial score (nSPS) is 10.3.